The monoisotopic (exact) mass is 233 g/mol. The number of nitrogens with zero attached hydrogens (tertiary/aromatic N) is 2. The first-order valence-electron chi connectivity index (χ1n) is 4.79. The quantitative estimate of drug-likeness (QED) is 0.865. The molecule has 2 N–H and O–H groups in total. The summed E-state index contributed by atoms with van der Waals surface area (Å²) >= 11 is 0. The summed E-state index contributed by atoms with van der Waals surface area (Å²) in [6.07, 6.45) is -2.51. The fourth-order valence-electron chi connectivity index (χ4n) is 1.13. The lowest BCUT2D eigenvalue weighted by Gasteiger charge is -2.09. The van der Waals surface area contributed by atoms with Crippen LogP contribution in [-0.4, -0.2) is 16.6 Å². The van der Waals surface area contributed by atoms with Crippen molar-refractivity contribution in [2.75, 3.05) is 12.3 Å². The third-order valence-electron chi connectivity index (χ3n) is 2.14. The van der Waals surface area contributed by atoms with Crippen molar-refractivity contribution in [1.82, 2.24) is 9.97 Å². The molecule has 0 aromatic carbocycles. The van der Waals surface area contributed by atoms with Crippen LogP contribution in [0.15, 0.2) is 6.07 Å². The second-order valence-corrected chi connectivity index (χ2v) is 3.71. The summed E-state index contributed by atoms with van der Waals surface area (Å²) in [6, 6.07) is 1.19. The van der Waals surface area contributed by atoms with Gasteiger partial charge in [-0.25, -0.2) is 4.98 Å². The van der Waals surface area contributed by atoms with Crippen molar-refractivity contribution in [3.05, 3.63) is 11.9 Å². The average Bonchev–Trinajstić information content (AvgIpc) is 2.96. The molecule has 0 amide bonds. The summed E-state index contributed by atoms with van der Waals surface area (Å²) in [6.45, 7) is 0.383. The van der Waals surface area contributed by atoms with Crippen LogP contribution in [0.4, 0.5) is 19.0 Å². The normalized spacial score (nSPS) is 16.2. The Hall–Kier alpha value is -1.53. The standard InChI is InChI=1S/C9H10F3N3O/c10-9(11,12)8-14-6(13)3-7(15-8)16-4-5-1-2-5/h3,5H,1-2,4H2,(H2,13,14,15). The van der Waals surface area contributed by atoms with E-state index >= 15 is 0 Å². The number of aromatic nitrogens is 2. The van der Waals surface area contributed by atoms with Gasteiger partial charge in [0, 0.05) is 6.07 Å². The van der Waals surface area contributed by atoms with E-state index < -0.39 is 12.0 Å². The van der Waals surface area contributed by atoms with Gasteiger partial charge in [-0.1, -0.05) is 0 Å². The second-order valence-electron chi connectivity index (χ2n) is 3.71. The first-order chi connectivity index (χ1) is 7.45. The van der Waals surface area contributed by atoms with Crippen molar-refractivity contribution in [2.45, 2.75) is 19.0 Å². The maximum absolute atomic E-state index is 12.3. The Balaban J connectivity index is 2.14. The van der Waals surface area contributed by atoms with Gasteiger partial charge in [-0.15, -0.1) is 0 Å². The van der Waals surface area contributed by atoms with Crippen molar-refractivity contribution >= 4 is 5.82 Å². The van der Waals surface area contributed by atoms with Gasteiger partial charge in [0.1, 0.15) is 5.82 Å². The van der Waals surface area contributed by atoms with Crippen molar-refractivity contribution in [2.24, 2.45) is 5.92 Å². The van der Waals surface area contributed by atoms with E-state index in [1.54, 1.807) is 0 Å². The molecule has 1 saturated carbocycles. The van der Waals surface area contributed by atoms with Crippen LogP contribution in [-0.2, 0) is 6.18 Å². The highest BCUT2D eigenvalue weighted by Crippen LogP contribution is 2.31. The Morgan fingerprint density at radius 2 is 2.06 bits per heavy atom. The number of alkyl halides is 3. The fourth-order valence-corrected chi connectivity index (χ4v) is 1.13. The third-order valence-corrected chi connectivity index (χ3v) is 2.14. The number of rotatable bonds is 3. The van der Waals surface area contributed by atoms with Gasteiger partial charge in [0.05, 0.1) is 6.61 Å². The van der Waals surface area contributed by atoms with E-state index in [9.17, 15) is 13.2 Å². The number of nitrogen functional groups attached to an aromatic ring is 1. The van der Waals surface area contributed by atoms with Crippen LogP contribution in [0.25, 0.3) is 0 Å². The first kappa shape index (κ1) is 11.0. The smallest absolute Gasteiger partial charge is 0.451 e. The Bertz CT molecular complexity index is 390. The molecule has 0 aliphatic heterocycles. The topological polar surface area (TPSA) is 61.0 Å². The van der Waals surface area contributed by atoms with Crippen molar-refractivity contribution in [1.29, 1.82) is 0 Å². The van der Waals surface area contributed by atoms with Gasteiger partial charge < -0.3 is 10.5 Å². The Morgan fingerprint density at radius 3 is 2.62 bits per heavy atom. The number of ether oxygens (including phenoxy) is 1. The number of hydrogen-bond acceptors (Lipinski definition) is 4. The number of hydrogen-bond donors (Lipinski definition) is 1. The lowest BCUT2D eigenvalue weighted by Crippen LogP contribution is -2.14. The maximum atomic E-state index is 12.3. The molecule has 0 spiro atoms. The SMILES string of the molecule is Nc1cc(OCC2CC2)nc(C(F)(F)F)n1. The molecule has 1 aromatic rings. The molecule has 7 heteroatoms. The molecule has 16 heavy (non-hydrogen) atoms. The van der Waals surface area contributed by atoms with Crippen LogP contribution in [0.3, 0.4) is 0 Å². The minimum Gasteiger partial charge on any atom is -0.477 e. The number of nitrogens with two attached hydrogens (primary N) is 1. The predicted molar refractivity (Wildman–Crippen MR) is 49.7 cm³/mol. The molecule has 0 unspecified atom stereocenters. The van der Waals surface area contributed by atoms with E-state index in [1.807, 2.05) is 0 Å². The van der Waals surface area contributed by atoms with Crippen molar-refractivity contribution in [3.8, 4) is 5.88 Å². The summed E-state index contributed by atoms with van der Waals surface area (Å²) in [5.74, 6) is -1.19. The summed E-state index contributed by atoms with van der Waals surface area (Å²) in [4.78, 5) is 6.38. The molecule has 4 nitrogen and oxygen atoms in total. The lowest BCUT2D eigenvalue weighted by molar-refractivity contribution is -0.145. The van der Waals surface area contributed by atoms with Crippen LogP contribution in [0.5, 0.6) is 5.88 Å². The molecule has 0 bridgehead atoms. The first-order valence-corrected chi connectivity index (χ1v) is 4.79. The summed E-state index contributed by atoms with van der Waals surface area (Å²) < 4.78 is 42.1. The molecule has 0 saturated heterocycles. The Labute approximate surface area is 89.6 Å². The van der Waals surface area contributed by atoms with E-state index in [0.717, 1.165) is 12.8 Å². The molecule has 88 valence electrons. The second kappa shape index (κ2) is 3.80. The largest absolute Gasteiger partial charge is 0.477 e. The van der Waals surface area contributed by atoms with Gasteiger partial charge in [0.15, 0.2) is 0 Å². The van der Waals surface area contributed by atoms with Gasteiger partial charge in [0.2, 0.25) is 11.7 Å². The average molecular weight is 233 g/mol. The van der Waals surface area contributed by atoms with Gasteiger partial charge >= 0.3 is 6.18 Å². The molecular weight excluding hydrogens is 223 g/mol. The van der Waals surface area contributed by atoms with Crippen LogP contribution in [0.1, 0.15) is 18.7 Å². The molecule has 1 aliphatic rings. The molecular formula is C9H10F3N3O. The van der Waals surface area contributed by atoms with E-state index in [1.165, 1.54) is 6.07 Å². The zero-order valence-electron chi connectivity index (χ0n) is 8.29. The van der Waals surface area contributed by atoms with E-state index in [0.29, 0.717) is 12.5 Å². The Kier molecular flexibility index (Phi) is 2.61. The zero-order chi connectivity index (χ0) is 11.8. The molecule has 1 heterocycles. The van der Waals surface area contributed by atoms with Gasteiger partial charge in [0.25, 0.3) is 0 Å². The molecule has 0 atom stereocenters. The minimum atomic E-state index is -4.60. The summed E-state index contributed by atoms with van der Waals surface area (Å²) in [5, 5.41) is 0. The molecule has 1 aromatic heterocycles. The van der Waals surface area contributed by atoms with E-state index in [2.05, 4.69) is 9.97 Å². The lowest BCUT2D eigenvalue weighted by atomic mass is 10.4. The molecule has 0 radical (unpaired) electrons. The van der Waals surface area contributed by atoms with Crippen LogP contribution < -0.4 is 10.5 Å². The van der Waals surface area contributed by atoms with Gasteiger partial charge in [-0.3, -0.25) is 0 Å². The minimum absolute atomic E-state index is 0.119. The maximum Gasteiger partial charge on any atom is 0.451 e. The summed E-state index contributed by atoms with van der Waals surface area (Å²) in [5.41, 5.74) is 5.25. The van der Waals surface area contributed by atoms with E-state index in [4.69, 9.17) is 10.5 Å². The van der Waals surface area contributed by atoms with Crippen LogP contribution in [0.2, 0.25) is 0 Å². The highest BCUT2D eigenvalue weighted by atomic mass is 19.4. The molecule has 1 fully saturated rings. The highest BCUT2D eigenvalue weighted by molar-refractivity contribution is 5.33. The van der Waals surface area contributed by atoms with Crippen LogP contribution >= 0.6 is 0 Å². The highest BCUT2D eigenvalue weighted by Gasteiger charge is 2.35. The molecule has 1 aliphatic carbocycles. The molecule has 2 rings (SSSR count). The van der Waals surface area contributed by atoms with Gasteiger partial charge in [-0.2, -0.15) is 18.2 Å². The van der Waals surface area contributed by atoms with E-state index in [-0.39, 0.29) is 11.7 Å². The number of halogens is 3. The van der Waals surface area contributed by atoms with Crippen molar-refractivity contribution in [3.63, 3.8) is 0 Å². The zero-order valence-corrected chi connectivity index (χ0v) is 8.29. The summed E-state index contributed by atoms with van der Waals surface area (Å²) in [7, 11) is 0. The van der Waals surface area contributed by atoms with Crippen molar-refractivity contribution < 1.29 is 17.9 Å². The third kappa shape index (κ3) is 2.74. The predicted octanol–water partition coefficient (Wildman–Crippen LogP) is 1.87. The number of anilines is 1. The van der Waals surface area contributed by atoms with Crippen LogP contribution in [0, 0.1) is 5.92 Å². The Morgan fingerprint density at radius 1 is 1.38 bits per heavy atom. The fraction of sp³-hybridized carbons (Fsp3) is 0.556. The van der Waals surface area contributed by atoms with Gasteiger partial charge in [-0.05, 0) is 18.8 Å².